The Labute approximate surface area is 151 Å². The molecular formula is C16H14BrFN2O5. The van der Waals surface area contributed by atoms with Crippen molar-refractivity contribution >= 4 is 33.2 Å². The van der Waals surface area contributed by atoms with E-state index >= 15 is 0 Å². The third kappa shape index (κ3) is 4.66. The number of halogens is 2. The molecule has 2 aromatic rings. The maximum atomic E-state index is 13.1. The van der Waals surface area contributed by atoms with Gasteiger partial charge in [0, 0.05) is 12.1 Å². The minimum absolute atomic E-state index is 0.148. The number of benzene rings is 2. The quantitative estimate of drug-likeness (QED) is 0.573. The fourth-order valence-electron chi connectivity index (χ4n) is 1.96. The number of anilines is 1. The lowest BCUT2D eigenvalue weighted by Crippen LogP contribution is -2.30. The summed E-state index contributed by atoms with van der Waals surface area (Å²) in [4.78, 5) is 22.6. The molecular weight excluding hydrogens is 399 g/mol. The molecule has 1 N–H and O–H groups in total. The molecule has 0 unspecified atom stereocenters. The van der Waals surface area contributed by atoms with Crippen LogP contribution in [0.3, 0.4) is 0 Å². The number of nitrogens with zero attached hydrogens (tertiary/aromatic N) is 1. The summed E-state index contributed by atoms with van der Waals surface area (Å²) >= 11 is 3.15. The zero-order valence-corrected chi connectivity index (χ0v) is 14.9. The molecule has 0 aromatic heterocycles. The van der Waals surface area contributed by atoms with Gasteiger partial charge in [0.15, 0.2) is 6.10 Å². The highest BCUT2D eigenvalue weighted by Gasteiger charge is 2.20. The van der Waals surface area contributed by atoms with Crippen molar-refractivity contribution in [3.05, 3.63) is 56.8 Å². The highest BCUT2D eigenvalue weighted by molar-refractivity contribution is 9.10. The first-order chi connectivity index (χ1) is 11.8. The molecule has 1 atom stereocenters. The molecule has 2 rings (SSSR count). The van der Waals surface area contributed by atoms with Crippen LogP contribution in [0.4, 0.5) is 15.8 Å². The number of nitrogens with one attached hydrogen (secondary N) is 1. The van der Waals surface area contributed by atoms with Gasteiger partial charge in [0.05, 0.1) is 22.2 Å². The van der Waals surface area contributed by atoms with E-state index in [0.717, 1.165) is 0 Å². The molecule has 0 bridgehead atoms. The lowest BCUT2D eigenvalue weighted by molar-refractivity contribution is -0.384. The van der Waals surface area contributed by atoms with Gasteiger partial charge < -0.3 is 14.8 Å². The second kappa shape index (κ2) is 7.93. The summed E-state index contributed by atoms with van der Waals surface area (Å²) in [6, 6.07) is 7.64. The Morgan fingerprint density at radius 2 is 1.96 bits per heavy atom. The predicted octanol–water partition coefficient (Wildman–Crippen LogP) is 3.91. The molecule has 0 saturated heterocycles. The first-order valence-electron chi connectivity index (χ1n) is 7.07. The molecule has 9 heteroatoms. The molecule has 0 radical (unpaired) electrons. The zero-order valence-electron chi connectivity index (χ0n) is 13.3. The predicted molar refractivity (Wildman–Crippen MR) is 92.5 cm³/mol. The van der Waals surface area contributed by atoms with Crippen molar-refractivity contribution in [1.82, 2.24) is 0 Å². The average Bonchev–Trinajstić information content (AvgIpc) is 2.57. The van der Waals surface area contributed by atoms with Crippen LogP contribution < -0.4 is 14.8 Å². The Bertz CT molecular complexity index is 815. The van der Waals surface area contributed by atoms with Gasteiger partial charge in [-0.1, -0.05) is 0 Å². The number of nitro groups is 1. The summed E-state index contributed by atoms with van der Waals surface area (Å²) in [6.07, 6.45) is -0.939. The minimum atomic E-state index is -0.939. The van der Waals surface area contributed by atoms with Crippen LogP contribution in [0.1, 0.15) is 6.92 Å². The Morgan fingerprint density at radius 3 is 2.56 bits per heavy atom. The van der Waals surface area contributed by atoms with Crippen molar-refractivity contribution in [1.29, 1.82) is 0 Å². The third-order valence-electron chi connectivity index (χ3n) is 3.22. The monoisotopic (exact) mass is 412 g/mol. The smallest absolute Gasteiger partial charge is 0.271 e. The number of carbonyl (C=O) groups is 1. The summed E-state index contributed by atoms with van der Waals surface area (Å²) in [6.45, 7) is 1.49. The normalized spacial score (nSPS) is 11.5. The average molecular weight is 413 g/mol. The fourth-order valence-corrected chi connectivity index (χ4v) is 2.40. The number of hydrogen-bond acceptors (Lipinski definition) is 5. The van der Waals surface area contributed by atoms with Crippen LogP contribution in [0.2, 0.25) is 0 Å². The van der Waals surface area contributed by atoms with E-state index in [-0.39, 0.29) is 22.9 Å². The second-order valence-corrected chi connectivity index (χ2v) is 5.82. The first kappa shape index (κ1) is 18.7. The van der Waals surface area contributed by atoms with E-state index in [1.807, 2.05) is 0 Å². The van der Waals surface area contributed by atoms with Gasteiger partial charge in [-0.25, -0.2) is 4.39 Å². The molecule has 132 valence electrons. The van der Waals surface area contributed by atoms with Crippen molar-refractivity contribution in [2.45, 2.75) is 13.0 Å². The third-order valence-corrected chi connectivity index (χ3v) is 3.84. The van der Waals surface area contributed by atoms with Gasteiger partial charge in [0.1, 0.15) is 17.3 Å². The van der Waals surface area contributed by atoms with Crippen LogP contribution in [0.5, 0.6) is 11.5 Å². The van der Waals surface area contributed by atoms with Crippen LogP contribution in [-0.2, 0) is 4.79 Å². The minimum Gasteiger partial charge on any atom is -0.495 e. The molecule has 0 heterocycles. The number of amides is 1. The van der Waals surface area contributed by atoms with Crippen molar-refractivity contribution < 1.29 is 23.6 Å². The molecule has 1 amide bonds. The summed E-state index contributed by atoms with van der Waals surface area (Å²) < 4.78 is 24.0. The highest BCUT2D eigenvalue weighted by atomic mass is 79.9. The number of carbonyl (C=O) groups excluding carboxylic acids is 1. The van der Waals surface area contributed by atoms with Crippen LogP contribution in [0.25, 0.3) is 0 Å². The summed E-state index contributed by atoms with van der Waals surface area (Å²) in [5.41, 5.74) is -0.0405. The number of ether oxygens (including phenoxy) is 2. The number of nitro benzene ring substituents is 1. The number of hydrogen-bond donors (Lipinski definition) is 1. The summed E-state index contributed by atoms with van der Waals surface area (Å²) in [5.74, 6) is -0.433. The van der Waals surface area contributed by atoms with E-state index < -0.39 is 22.8 Å². The Kier molecular flexibility index (Phi) is 5.92. The van der Waals surface area contributed by atoms with Gasteiger partial charge in [-0.05, 0) is 47.1 Å². The molecule has 0 saturated carbocycles. The SMILES string of the molecule is COc1ccc([N+](=O)[O-])cc1NC(=O)[C@H](C)Oc1ccc(F)cc1Br. The van der Waals surface area contributed by atoms with Gasteiger partial charge in [0.25, 0.3) is 11.6 Å². The number of rotatable bonds is 6. The topological polar surface area (TPSA) is 90.7 Å². The Morgan fingerprint density at radius 1 is 1.28 bits per heavy atom. The van der Waals surface area contributed by atoms with Gasteiger partial charge in [0.2, 0.25) is 0 Å². The van der Waals surface area contributed by atoms with E-state index in [2.05, 4.69) is 21.2 Å². The van der Waals surface area contributed by atoms with E-state index in [1.54, 1.807) is 0 Å². The molecule has 25 heavy (non-hydrogen) atoms. The molecule has 0 spiro atoms. The molecule has 0 aliphatic carbocycles. The standard InChI is InChI=1S/C16H14BrFN2O5/c1-9(25-14-5-3-10(18)7-12(14)17)16(21)19-13-8-11(20(22)23)4-6-15(13)24-2/h3-9H,1-2H3,(H,19,21)/t9-/m0/s1. The van der Waals surface area contributed by atoms with Crippen molar-refractivity contribution in [3.8, 4) is 11.5 Å². The second-order valence-electron chi connectivity index (χ2n) is 4.97. The van der Waals surface area contributed by atoms with Crippen molar-refractivity contribution in [2.75, 3.05) is 12.4 Å². The van der Waals surface area contributed by atoms with Crippen LogP contribution in [0.15, 0.2) is 40.9 Å². The van der Waals surface area contributed by atoms with Gasteiger partial charge >= 0.3 is 0 Å². The lowest BCUT2D eigenvalue weighted by Gasteiger charge is -2.17. The van der Waals surface area contributed by atoms with E-state index in [9.17, 15) is 19.3 Å². The molecule has 0 aliphatic heterocycles. The largest absolute Gasteiger partial charge is 0.495 e. The molecule has 0 aliphatic rings. The fraction of sp³-hybridized carbons (Fsp3) is 0.188. The molecule has 2 aromatic carbocycles. The lowest BCUT2D eigenvalue weighted by atomic mass is 10.2. The van der Waals surface area contributed by atoms with Crippen LogP contribution >= 0.6 is 15.9 Å². The van der Waals surface area contributed by atoms with Gasteiger partial charge in [-0.3, -0.25) is 14.9 Å². The first-order valence-corrected chi connectivity index (χ1v) is 7.86. The number of methoxy groups -OCH3 is 1. The van der Waals surface area contributed by atoms with E-state index in [0.29, 0.717) is 4.47 Å². The Balaban J connectivity index is 2.15. The highest BCUT2D eigenvalue weighted by Crippen LogP contribution is 2.30. The number of non-ortho nitro benzene ring substituents is 1. The van der Waals surface area contributed by atoms with E-state index in [4.69, 9.17) is 9.47 Å². The maximum absolute atomic E-state index is 13.1. The van der Waals surface area contributed by atoms with Gasteiger partial charge in [-0.2, -0.15) is 0 Å². The van der Waals surface area contributed by atoms with Crippen molar-refractivity contribution in [3.63, 3.8) is 0 Å². The van der Waals surface area contributed by atoms with Crippen molar-refractivity contribution in [2.24, 2.45) is 0 Å². The molecule has 7 nitrogen and oxygen atoms in total. The van der Waals surface area contributed by atoms with Crippen LogP contribution in [0, 0.1) is 15.9 Å². The molecule has 0 fully saturated rings. The summed E-state index contributed by atoms with van der Waals surface area (Å²) in [7, 11) is 1.38. The van der Waals surface area contributed by atoms with Gasteiger partial charge in [-0.15, -0.1) is 0 Å². The van der Waals surface area contributed by atoms with Crippen LogP contribution in [-0.4, -0.2) is 24.0 Å². The zero-order chi connectivity index (χ0) is 18.6. The summed E-state index contributed by atoms with van der Waals surface area (Å²) in [5, 5.41) is 13.4. The van der Waals surface area contributed by atoms with E-state index in [1.165, 1.54) is 50.4 Å². The Hall–Kier alpha value is -2.68. The maximum Gasteiger partial charge on any atom is 0.271 e.